The maximum absolute atomic E-state index is 12.4. The summed E-state index contributed by atoms with van der Waals surface area (Å²) in [6.07, 6.45) is 8.36. The first-order chi connectivity index (χ1) is 18.0. The van der Waals surface area contributed by atoms with Crippen molar-refractivity contribution >= 4 is 33.5 Å². The molecule has 6 heteroatoms. The monoisotopic (exact) mass is 508 g/mol. The summed E-state index contributed by atoms with van der Waals surface area (Å²) in [6.45, 7) is 6.76. The summed E-state index contributed by atoms with van der Waals surface area (Å²) >= 11 is 0. The van der Waals surface area contributed by atoms with E-state index in [0.717, 1.165) is 78.5 Å². The number of ether oxygens (including phenoxy) is 4. The van der Waals surface area contributed by atoms with Gasteiger partial charge < -0.3 is 18.9 Å². The third-order valence-corrected chi connectivity index (χ3v) is 6.27. The highest BCUT2D eigenvalue weighted by Crippen LogP contribution is 2.43. The lowest BCUT2D eigenvalue weighted by Gasteiger charge is -2.18. The lowest BCUT2D eigenvalue weighted by Crippen LogP contribution is -2.17. The van der Waals surface area contributed by atoms with E-state index in [1.54, 1.807) is 0 Å². The van der Waals surface area contributed by atoms with E-state index in [9.17, 15) is 9.59 Å². The molecule has 3 aromatic carbocycles. The first kappa shape index (κ1) is 28.3. The zero-order chi connectivity index (χ0) is 26.5. The molecule has 200 valence electrons. The third-order valence-electron chi connectivity index (χ3n) is 6.27. The van der Waals surface area contributed by atoms with Gasteiger partial charge in [0.15, 0.2) is 13.2 Å². The van der Waals surface area contributed by atoms with Gasteiger partial charge in [0.2, 0.25) is 0 Å². The Morgan fingerprint density at radius 3 is 1.62 bits per heavy atom. The number of unbranched alkanes of at least 4 members (excludes halogenated alkanes) is 6. The summed E-state index contributed by atoms with van der Waals surface area (Å²) < 4.78 is 22.8. The fourth-order valence-corrected chi connectivity index (χ4v) is 4.30. The second-order valence-electron chi connectivity index (χ2n) is 9.39. The van der Waals surface area contributed by atoms with E-state index in [1.165, 1.54) is 0 Å². The Balaban J connectivity index is 1.78. The van der Waals surface area contributed by atoms with Crippen LogP contribution in [0.1, 0.15) is 70.8 Å². The van der Waals surface area contributed by atoms with E-state index in [2.05, 4.69) is 13.8 Å². The van der Waals surface area contributed by atoms with Crippen LogP contribution in [0.2, 0.25) is 0 Å². The number of carbonyl (C=O) groups is 2. The van der Waals surface area contributed by atoms with Crippen LogP contribution >= 0.6 is 0 Å². The summed E-state index contributed by atoms with van der Waals surface area (Å²) in [5.74, 6) is 0.425. The maximum Gasteiger partial charge on any atom is 0.344 e. The van der Waals surface area contributed by atoms with Gasteiger partial charge in [0.05, 0.1) is 13.2 Å². The van der Waals surface area contributed by atoms with Gasteiger partial charge in [-0.15, -0.1) is 0 Å². The van der Waals surface area contributed by atoms with Gasteiger partial charge in [0.25, 0.3) is 0 Å². The molecule has 0 heterocycles. The molecule has 0 N–H and O–H groups in total. The van der Waals surface area contributed by atoms with E-state index in [4.69, 9.17) is 18.9 Å². The average Bonchev–Trinajstić information content (AvgIpc) is 2.90. The van der Waals surface area contributed by atoms with E-state index in [-0.39, 0.29) is 25.2 Å². The van der Waals surface area contributed by atoms with Crippen LogP contribution in [0.5, 0.6) is 11.5 Å². The molecule has 0 radical (unpaired) electrons. The molecule has 3 aromatic rings. The lowest BCUT2D eigenvalue weighted by atomic mass is 9.99. The van der Waals surface area contributed by atoms with Crippen molar-refractivity contribution in [3.63, 3.8) is 0 Å². The standard InChI is InChI=1S/C31H40O6/c1-4-6-8-12-18-34-28(32)21-36-30-24-14-10-11-15-25(24)31(27-20-23(3)16-17-26(27)30)37-22-29(33)35-19-13-9-7-5-2/h10-11,14-17,20H,4-9,12-13,18-19,21-22H2,1-3H3. The predicted octanol–water partition coefficient (Wildman–Crippen LogP) is 7.31. The van der Waals surface area contributed by atoms with Crippen LogP contribution in [0.3, 0.4) is 0 Å². The Morgan fingerprint density at radius 1 is 0.622 bits per heavy atom. The molecule has 0 aromatic heterocycles. The molecule has 0 aliphatic rings. The molecule has 0 unspecified atom stereocenters. The smallest absolute Gasteiger partial charge is 0.344 e. The Kier molecular flexibility index (Phi) is 11.5. The first-order valence-electron chi connectivity index (χ1n) is 13.6. The van der Waals surface area contributed by atoms with Crippen LogP contribution in [-0.4, -0.2) is 38.4 Å². The van der Waals surface area contributed by atoms with Crippen molar-refractivity contribution in [1.29, 1.82) is 0 Å². The highest BCUT2D eigenvalue weighted by atomic mass is 16.6. The van der Waals surface area contributed by atoms with Crippen molar-refractivity contribution in [2.45, 2.75) is 72.1 Å². The molecule has 0 aliphatic heterocycles. The van der Waals surface area contributed by atoms with Gasteiger partial charge >= 0.3 is 11.9 Å². The average molecular weight is 509 g/mol. The van der Waals surface area contributed by atoms with Crippen molar-refractivity contribution in [2.24, 2.45) is 0 Å². The summed E-state index contributed by atoms with van der Waals surface area (Å²) in [4.78, 5) is 24.7. The van der Waals surface area contributed by atoms with Gasteiger partial charge in [-0.25, -0.2) is 9.59 Å². The van der Waals surface area contributed by atoms with Gasteiger partial charge in [0, 0.05) is 21.5 Å². The van der Waals surface area contributed by atoms with Crippen molar-refractivity contribution in [1.82, 2.24) is 0 Å². The number of esters is 2. The number of hydrogen-bond acceptors (Lipinski definition) is 6. The highest BCUT2D eigenvalue weighted by Gasteiger charge is 2.18. The lowest BCUT2D eigenvalue weighted by molar-refractivity contribution is -0.147. The number of hydrogen-bond donors (Lipinski definition) is 0. The van der Waals surface area contributed by atoms with E-state index in [1.807, 2.05) is 49.4 Å². The van der Waals surface area contributed by atoms with Crippen molar-refractivity contribution in [2.75, 3.05) is 26.4 Å². The van der Waals surface area contributed by atoms with Crippen LogP contribution in [0, 0.1) is 6.92 Å². The van der Waals surface area contributed by atoms with Crippen LogP contribution in [-0.2, 0) is 19.1 Å². The number of rotatable bonds is 16. The van der Waals surface area contributed by atoms with E-state index >= 15 is 0 Å². The van der Waals surface area contributed by atoms with E-state index in [0.29, 0.717) is 24.7 Å². The second kappa shape index (κ2) is 15.1. The summed E-state index contributed by atoms with van der Waals surface area (Å²) in [5, 5.41) is 3.23. The summed E-state index contributed by atoms with van der Waals surface area (Å²) in [7, 11) is 0. The molecule has 0 saturated heterocycles. The predicted molar refractivity (Wildman–Crippen MR) is 147 cm³/mol. The quantitative estimate of drug-likeness (QED) is 0.115. The number of fused-ring (bicyclic) bond motifs is 2. The van der Waals surface area contributed by atoms with Crippen LogP contribution in [0.15, 0.2) is 42.5 Å². The molecular weight excluding hydrogens is 468 g/mol. The zero-order valence-corrected chi connectivity index (χ0v) is 22.5. The third kappa shape index (κ3) is 8.38. The van der Waals surface area contributed by atoms with Crippen LogP contribution in [0.25, 0.3) is 21.5 Å². The Bertz CT molecular complexity index is 1170. The minimum absolute atomic E-state index is 0.175. The Morgan fingerprint density at radius 2 is 1.11 bits per heavy atom. The molecule has 0 fully saturated rings. The zero-order valence-electron chi connectivity index (χ0n) is 22.5. The molecule has 0 amide bonds. The molecule has 37 heavy (non-hydrogen) atoms. The van der Waals surface area contributed by atoms with Crippen LogP contribution in [0.4, 0.5) is 0 Å². The van der Waals surface area contributed by atoms with E-state index < -0.39 is 0 Å². The minimum atomic E-state index is -0.386. The minimum Gasteiger partial charge on any atom is -0.481 e. The van der Waals surface area contributed by atoms with Crippen LogP contribution < -0.4 is 9.47 Å². The fourth-order valence-electron chi connectivity index (χ4n) is 4.30. The summed E-state index contributed by atoms with van der Waals surface area (Å²) in [6, 6.07) is 13.6. The Labute approximate surface area is 220 Å². The SMILES string of the molecule is CCCCCCOC(=O)COc1c2ccccc2c(OCC(=O)OCCCCCC)c2cc(C)ccc12. The van der Waals surface area contributed by atoms with Crippen molar-refractivity contribution < 1.29 is 28.5 Å². The number of benzene rings is 3. The van der Waals surface area contributed by atoms with Gasteiger partial charge in [-0.1, -0.05) is 94.3 Å². The second-order valence-corrected chi connectivity index (χ2v) is 9.39. The van der Waals surface area contributed by atoms with Crippen molar-refractivity contribution in [3.8, 4) is 11.5 Å². The molecule has 0 saturated carbocycles. The van der Waals surface area contributed by atoms with Gasteiger partial charge in [-0.3, -0.25) is 0 Å². The summed E-state index contributed by atoms with van der Waals surface area (Å²) in [5.41, 5.74) is 1.04. The highest BCUT2D eigenvalue weighted by molar-refractivity contribution is 6.11. The van der Waals surface area contributed by atoms with Crippen molar-refractivity contribution in [3.05, 3.63) is 48.0 Å². The maximum atomic E-state index is 12.4. The number of carbonyl (C=O) groups excluding carboxylic acids is 2. The molecule has 0 aliphatic carbocycles. The molecule has 0 bridgehead atoms. The van der Waals surface area contributed by atoms with Gasteiger partial charge in [0.1, 0.15) is 11.5 Å². The Hall–Kier alpha value is -3.28. The molecule has 0 spiro atoms. The van der Waals surface area contributed by atoms with Gasteiger partial charge in [-0.2, -0.15) is 0 Å². The first-order valence-corrected chi connectivity index (χ1v) is 13.6. The largest absolute Gasteiger partial charge is 0.481 e. The normalized spacial score (nSPS) is 11.0. The molecular formula is C31H40O6. The topological polar surface area (TPSA) is 71.1 Å². The van der Waals surface area contributed by atoms with Gasteiger partial charge in [-0.05, 0) is 25.8 Å². The molecule has 3 rings (SSSR count). The molecule has 6 nitrogen and oxygen atoms in total. The number of aryl methyl sites for hydroxylation is 1. The molecule has 0 atom stereocenters. The fraction of sp³-hybridized carbons (Fsp3) is 0.484.